The lowest BCUT2D eigenvalue weighted by molar-refractivity contribution is 0.218. The Morgan fingerprint density at radius 2 is 2.00 bits per heavy atom. The van der Waals surface area contributed by atoms with Crippen LogP contribution in [0.25, 0.3) is 0 Å². The molecule has 0 saturated heterocycles. The minimum absolute atomic E-state index is 0.526. The summed E-state index contributed by atoms with van der Waals surface area (Å²) >= 11 is 2.25. The minimum atomic E-state index is 0.526. The van der Waals surface area contributed by atoms with Crippen molar-refractivity contribution in [2.75, 3.05) is 5.73 Å². The van der Waals surface area contributed by atoms with Crippen LogP contribution in [0.4, 0.5) is 5.82 Å². The highest BCUT2D eigenvalue weighted by atomic mass is 127. The third-order valence-corrected chi connectivity index (χ3v) is 4.65. The number of hydrogen-bond acceptors (Lipinski definition) is 2. The first-order chi connectivity index (χ1) is 7.59. The van der Waals surface area contributed by atoms with E-state index in [0.717, 1.165) is 21.2 Å². The molecule has 0 spiro atoms. The first-order valence-electron chi connectivity index (χ1n) is 6.08. The van der Waals surface area contributed by atoms with Gasteiger partial charge in [-0.05, 0) is 60.1 Å². The number of nitrogen functional groups attached to an aromatic ring is 1. The van der Waals surface area contributed by atoms with Crippen molar-refractivity contribution in [2.45, 2.75) is 45.6 Å². The van der Waals surface area contributed by atoms with E-state index in [1.54, 1.807) is 0 Å². The predicted molar refractivity (Wildman–Crippen MR) is 75.2 cm³/mol. The third kappa shape index (κ3) is 2.36. The summed E-state index contributed by atoms with van der Waals surface area (Å²) in [6.07, 6.45) is 6.95. The highest BCUT2D eigenvalue weighted by Crippen LogP contribution is 2.36. The van der Waals surface area contributed by atoms with Gasteiger partial charge < -0.3 is 5.73 Å². The fourth-order valence-electron chi connectivity index (χ4n) is 2.65. The average molecular weight is 333 g/mol. The molecule has 4 heteroatoms. The molecule has 0 amide bonds. The lowest BCUT2D eigenvalue weighted by atomic mass is 9.80. The van der Waals surface area contributed by atoms with Gasteiger partial charge in [0.2, 0.25) is 0 Å². The molecule has 0 aliphatic heterocycles. The molecule has 1 aromatic heterocycles. The number of halogens is 1. The number of hydrogen-bond donors (Lipinski definition) is 1. The fourth-order valence-corrected chi connectivity index (χ4v) is 3.03. The van der Waals surface area contributed by atoms with Crippen molar-refractivity contribution in [1.29, 1.82) is 0 Å². The molecule has 1 aromatic rings. The van der Waals surface area contributed by atoms with Crippen molar-refractivity contribution in [2.24, 2.45) is 11.8 Å². The topological polar surface area (TPSA) is 43.8 Å². The Kier molecular flexibility index (Phi) is 3.77. The van der Waals surface area contributed by atoms with Crippen molar-refractivity contribution in [3.05, 3.63) is 9.77 Å². The largest absolute Gasteiger partial charge is 0.383 e. The molecular formula is C12H20IN3. The number of aromatic nitrogens is 2. The van der Waals surface area contributed by atoms with E-state index in [2.05, 4.69) is 41.5 Å². The number of nitrogens with zero attached hydrogens (tertiary/aromatic N) is 2. The molecule has 1 aliphatic rings. The summed E-state index contributed by atoms with van der Waals surface area (Å²) in [5.41, 5.74) is 6.02. The smallest absolute Gasteiger partial charge is 0.135 e. The molecule has 2 rings (SSSR count). The Morgan fingerprint density at radius 3 is 2.44 bits per heavy atom. The molecule has 3 nitrogen and oxygen atoms in total. The molecular weight excluding hydrogens is 313 g/mol. The predicted octanol–water partition coefficient (Wildman–Crippen LogP) is 3.46. The van der Waals surface area contributed by atoms with E-state index in [1.807, 2.05) is 10.9 Å². The zero-order chi connectivity index (χ0) is 11.7. The van der Waals surface area contributed by atoms with Crippen LogP contribution in [0.5, 0.6) is 0 Å². The summed E-state index contributed by atoms with van der Waals surface area (Å²) in [5.74, 6) is 2.55. The van der Waals surface area contributed by atoms with Gasteiger partial charge in [-0.3, -0.25) is 0 Å². The summed E-state index contributed by atoms with van der Waals surface area (Å²) in [5, 5.41) is 4.39. The van der Waals surface area contributed by atoms with E-state index in [4.69, 9.17) is 5.73 Å². The second-order valence-corrected chi connectivity index (χ2v) is 6.30. The SMILES string of the molecule is CC(C)C1CCC(n2ncc(I)c2N)CC1. The van der Waals surface area contributed by atoms with Gasteiger partial charge in [0.1, 0.15) is 5.82 Å². The van der Waals surface area contributed by atoms with Gasteiger partial charge in [0.25, 0.3) is 0 Å². The molecule has 0 unspecified atom stereocenters. The van der Waals surface area contributed by atoms with Crippen LogP contribution < -0.4 is 5.73 Å². The molecule has 2 N–H and O–H groups in total. The minimum Gasteiger partial charge on any atom is -0.383 e. The summed E-state index contributed by atoms with van der Waals surface area (Å²) in [7, 11) is 0. The standard InChI is InChI=1S/C12H20IN3/c1-8(2)9-3-5-10(6-4-9)16-12(14)11(13)7-15-16/h7-10H,3-6,14H2,1-2H3. The maximum absolute atomic E-state index is 6.02. The van der Waals surface area contributed by atoms with Crippen LogP contribution in [0.15, 0.2) is 6.20 Å². The van der Waals surface area contributed by atoms with E-state index < -0.39 is 0 Å². The molecule has 0 bridgehead atoms. The number of anilines is 1. The van der Waals surface area contributed by atoms with Crippen molar-refractivity contribution in [1.82, 2.24) is 9.78 Å². The Balaban J connectivity index is 2.02. The van der Waals surface area contributed by atoms with Gasteiger partial charge in [-0.2, -0.15) is 5.10 Å². The Hall–Kier alpha value is -0.260. The van der Waals surface area contributed by atoms with Crippen molar-refractivity contribution in [3.63, 3.8) is 0 Å². The lowest BCUT2D eigenvalue weighted by Crippen LogP contribution is -2.22. The van der Waals surface area contributed by atoms with Gasteiger partial charge >= 0.3 is 0 Å². The number of rotatable bonds is 2. The lowest BCUT2D eigenvalue weighted by Gasteiger charge is -2.31. The van der Waals surface area contributed by atoms with Gasteiger partial charge in [-0.15, -0.1) is 0 Å². The Labute approximate surface area is 111 Å². The van der Waals surface area contributed by atoms with Gasteiger partial charge in [-0.25, -0.2) is 4.68 Å². The van der Waals surface area contributed by atoms with E-state index >= 15 is 0 Å². The Morgan fingerprint density at radius 1 is 1.38 bits per heavy atom. The quantitative estimate of drug-likeness (QED) is 0.843. The summed E-state index contributed by atoms with van der Waals surface area (Å²) in [6.45, 7) is 4.66. The monoisotopic (exact) mass is 333 g/mol. The van der Waals surface area contributed by atoms with Gasteiger partial charge in [0.15, 0.2) is 0 Å². The summed E-state index contributed by atoms with van der Waals surface area (Å²) in [6, 6.07) is 0.526. The molecule has 16 heavy (non-hydrogen) atoms. The fraction of sp³-hybridized carbons (Fsp3) is 0.750. The molecule has 1 heterocycles. The molecule has 0 aromatic carbocycles. The highest BCUT2D eigenvalue weighted by molar-refractivity contribution is 14.1. The average Bonchev–Trinajstić information content (AvgIpc) is 2.60. The maximum Gasteiger partial charge on any atom is 0.135 e. The second-order valence-electron chi connectivity index (χ2n) is 5.13. The van der Waals surface area contributed by atoms with Crippen LogP contribution in [-0.2, 0) is 0 Å². The second kappa shape index (κ2) is 4.94. The molecule has 1 saturated carbocycles. The van der Waals surface area contributed by atoms with E-state index in [1.165, 1.54) is 25.7 Å². The van der Waals surface area contributed by atoms with E-state index in [9.17, 15) is 0 Å². The van der Waals surface area contributed by atoms with Crippen molar-refractivity contribution >= 4 is 28.4 Å². The third-order valence-electron chi connectivity index (χ3n) is 3.82. The summed E-state index contributed by atoms with van der Waals surface area (Å²) in [4.78, 5) is 0. The van der Waals surface area contributed by atoms with Crippen LogP contribution in [0.3, 0.4) is 0 Å². The van der Waals surface area contributed by atoms with Crippen LogP contribution >= 0.6 is 22.6 Å². The summed E-state index contributed by atoms with van der Waals surface area (Å²) < 4.78 is 3.10. The molecule has 0 radical (unpaired) electrons. The number of nitrogens with two attached hydrogens (primary N) is 1. The van der Waals surface area contributed by atoms with Crippen LogP contribution in [0.2, 0.25) is 0 Å². The Bertz CT molecular complexity index is 351. The van der Waals surface area contributed by atoms with E-state index in [-0.39, 0.29) is 0 Å². The van der Waals surface area contributed by atoms with Crippen LogP contribution in [0.1, 0.15) is 45.6 Å². The van der Waals surface area contributed by atoms with Crippen molar-refractivity contribution in [3.8, 4) is 0 Å². The van der Waals surface area contributed by atoms with Crippen LogP contribution in [-0.4, -0.2) is 9.78 Å². The van der Waals surface area contributed by atoms with Gasteiger partial charge in [0.05, 0.1) is 15.8 Å². The van der Waals surface area contributed by atoms with Gasteiger partial charge in [0, 0.05) is 0 Å². The molecule has 1 aliphatic carbocycles. The maximum atomic E-state index is 6.02. The van der Waals surface area contributed by atoms with E-state index in [0.29, 0.717) is 6.04 Å². The van der Waals surface area contributed by atoms with Gasteiger partial charge in [-0.1, -0.05) is 13.8 Å². The molecule has 90 valence electrons. The zero-order valence-corrected chi connectivity index (χ0v) is 12.1. The highest BCUT2D eigenvalue weighted by Gasteiger charge is 2.25. The first-order valence-corrected chi connectivity index (χ1v) is 7.16. The molecule has 1 fully saturated rings. The molecule has 0 atom stereocenters. The zero-order valence-electron chi connectivity index (χ0n) is 9.99. The van der Waals surface area contributed by atoms with Crippen molar-refractivity contribution < 1.29 is 0 Å². The normalized spacial score (nSPS) is 26.2. The first kappa shape index (κ1) is 12.2. The van der Waals surface area contributed by atoms with Crippen LogP contribution in [0, 0.1) is 15.4 Å².